The van der Waals surface area contributed by atoms with Crippen molar-refractivity contribution in [3.05, 3.63) is 88.1 Å². The molecule has 2 atom stereocenters. The van der Waals surface area contributed by atoms with Crippen LogP contribution in [0.3, 0.4) is 0 Å². The monoisotopic (exact) mass is 587 g/mol. The smallest absolute Gasteiger partial charge is 0.254 e. The van der Waals surface area contributed by atoms with E-state index >= 15 is 0 Å². The first-order valence-corrected chi connectivity index (χ1v) is 13.8. The maximum Gasteiger partial charge on any atom is 0.254 e. The highest BCUT2D eigenvalue weighted by atomic mass is 35.5. The van der Waals surface area contributed by atoms with Crippen LogP contribution >= 0.6 is 11.6 Å². The number of anilines is 1. The lowest BCUT2D eigenvalue weighted by molar-refractivity contribution is -0.119. The number of aromatic nitrogens is 8. The van der Waals surface area contributed by atoms with Gasteiger partial charge in [0.25, 0.3) is 5.56 Å². The summed E-state index contributed by atoms with van der Waals surface area (Å²) < 4.78 is 17.8. The maximum absolute atomic E-state index is 13.7. The Labute approximate surface area is 245 Å². The predicted octanol–water partition coefficient (Wildman–Crippen LogP) is 4.76. The number of carbonyl (C=O) groups excluding carboxylic acids is 1. The lowest BCUT2D eigenvalue weighted by Gasteiger charge is -2.22. The number of hydrogen-bond acceptors (Lipinski definition) is 7. The molecule has 0 aliphatic carbocycles. The number of rotatable bonds is 4. The van der Waals surface area contributed by atoms with Gasteiger partial charge in [0.15, 0.2) is 0 Å². The van der Waals surface area contributed by atoms with Gasteiger partial charge >= 0.3 is 0 Å². The fourth-order valence-electron chi connectivity index (χ4n) is 5.27. The standard InChI is InChI=1S/C29H27ClFN9O2/c1-17-4-3-5-26(23-10-18(8-9-32-23)28-24(35-29(17)42)14-34-38(28)2)39-16-33-22(12-27(39)41)21-11-19(30)6-7-25(21)40-15-20(13-31)36-37-40/h6-12,14-17,26H,3-5,13H2,1-2H3,(H,35,42)/t17-,26+/m1/s1. The van der Waals surface area contributed by atoms with E-state index in [1.54, 1.807) is 39.8 Å². The van der Waals surface area contributed by atoms with E-state index in [4.69, 9.17) is 11.6 Å². The number of carbonyl (C=O) groups is 1. The molecule has 0 radical (unpaired) electrons. The van der Waals surface area contributed by atoms with E-state index in [-0.39, 0.29) is 23.1 Å². The summed E-state index contributed by atoms with van der Waals surface area (Å²) in [5.41, 5.74) is 4.25. The molecular weight excluding hydrogens is 561 g/mol. The quantitative estimate of drug-likeness (QED) is 0.321. The lowest BCUT2D eigenvalue weighted by Crippen LogP contribution is -2.27. The van der Waals surface area contributed by atoms with Crippen molar-refractivity contribution in [3.8, 4) is 28.2 Å². The Kier molecular flexibility index (Phi) is 7.38. The number of pyridine rings is 1. The van der Waals surface area contributed by atoms with E-state index in [9.17, 15) is 14.0 Å². The third-order valence-electron chi connectivity index (χ3n) is 7.49. The van der Waals surface area contributed by atoms with E-state index in [2.05, 4.69) is 30.7 Å². The summed E-state index contributed by atoms with van der Waals surface area (Å²) in [7, 11) is 1.81. The molecule has 6 rings (SSSR count). The summed E-state index contributed by atoms with van der Waals surface area (Å²) in [5.74, 6) is -0.320. The highest BCUT2D eigenvalue weighted by Gasteiger charge is 2.24. The Balaban J connectivity index is 1.43. The Morgan fingerprint density at radius 3 is 2.76 bits per heavy atom. The van der Waals surface area contributed by atoms with E-state index < -0.39 is 12.7 Å². The molecule has 1 aliphatic rings. The number of aryl methyl sites for hydroxylation is 1. The minimum atomic E-state index is -0.751. The van der Waals surface area contributed by atoms with E-state index in [1.807, 2.05) is 26.1 Å². The first-order valence-electron chi connectivity index (χ1n) is 13.5. The Hall–Kier alpha value is -4.71. The number of benzene rings is 1. The van der Waals surface area contributed by atoms with Gasteiger partial charge < -0.3 is 5.32 Å². The molecule has 42 heavy (non-hydrogen) atoms. The molecule has 2 bridgehead atoms. The van der Waals surface area contributed by atoms with Crippen molar-refractivity contribution in [2.45, 2.75) is 38.9 Å². The largest absolute Gasteiger partial charge is 0.323 e. The zero-order valence-electron chi connectivity index (χ0n) is 22.9. The average Bonchev–Trinajstić information content (AvgIpc) is 3.61. The van der Waals surface area contributed by atoms with Gasteiger partial charge in [-0.05, 0) is 43.2 Å². The number of amides is 1. The summed E-state index contributed by atoms with van der Waals surface area (Å²) in [5, 5.41) is 15.6. The first kappa shape index (κ1) is 27.5. The summed E-state index contributed by atoms with van der Waals surface area (Å²) in [6.45, 7) is 1.14. The van der Waals surface area contributed by atoms with Gasteiger partial charge in [-0.15, -0.1) is 5.10 Å². The lowest BCUT2D eigenvalue weighted by atomic mass is 9.97. The highest BCUT2D eigenvalue weighted by molar-refractivity contribution is 6.31. The molecule has 214 valence electrons. The van der Waals surface area contributed by atoms with Gasteiger partial charge in [0.1, 0.15) is 12.4 Å². The number of alkyl halides is 1. The van der Waals surface area contributed by atoms with Crippen LogP contribution in [-0.2, 0) is 18.5 Å². The second-order valence-electron chi connectivity index (χ2n) is 10.3. The van der Waals surface area contributed by atoms with E-state index in [1.165, 1.54) is 23.3 Å². The molecule has 0 unspecified atom stereocenters. The topological polar surface area (TPSA) is 125 Å². The van der Waals surface area contributed by atoms with Crippen LogP contribution < -0.4 is 10.9 Å². The van der Waals surface area contributed by atoms with Crippen LogP contribution in [0.5, 0.6) is 0 Å². The molecule has 0 fully saturated rings. The predicted molar refractivity (Wildman–Crippen MR) is 155 cm³/mol. The van der Waals surface area contributed by atoms with Crippen LogP contribution in [0.1, 0.15) is 43.6 Å². The van der Waals surface area contributed by atoms with Gasteiger partial charge in [0.2, 0.25) is 5.91 Å². The minimum Gasteiger partial charge on any atom is -0.323 e. The number of halogens is 2. The molecule has 11 nitrogen and oxygen atoms in total. The van der Waals surface area contributed by atoms with E-state index in [0.29, 0.717) is 52.6 Å². The van der Waals surface area contributed by atoms with Crippen LogP contribution in [0.2, 0.25) is 5.02 Å². The van der Waals surface area contributed by atoms with Crippen LogP contribution in [-0.4, -0.2) is 45.2 Å². The van der Waals surface area contributed by atoms with Crippen molar-refractivity contribution >= 4 is 23.2 Å². The normalized spacial score (nSPS) is 17.2. The summed E-state index contributed by atoms with van der Waals surface area (Å²) in [6.07, 6.45) is 8.20. The number of nitrogens with one attached hydrogen (secondary N) is 1. The maximum atomic E-state index is 13.7. The average molecular weight is 588 g/mol. The molecule has 0 saturated carbocycles. The Morgan fingerprint density at radius 1 is 1.12 bits per heavy atom. The zero-order chi connectivity index (χ0) is 29.4. The summed E-state index contributed by atoms with van der Waals surface area (Å²) >= 11 is 6.31. The number of hydrogen-bond donors (Lipinski definition) is 1. The molecule has 1 N–H and O–H groups in total. The van der Waals surface area contributed by atoms with E-state index in [0.717, 1.165) is 11.3 Å². The molecule has 4 aromatic heterocycles. The van der Waals surface area contributed by atoms with Crippen molar-refractivity contribution in [3.63, 3.8) is 0 Å². The second-order valence-corrected chi connectivity index (χ2v) is 10.7. The summed E-state index contributed by atoms with van der Waals surface area (Å²) in [4.78, 5) is 35.9. The molecule has 5 heterocycles. The van der Waals surface area contributed by atoms with Crippen molar-refractivity contribution < 1.29 is 9.18 Å². The van der Waals surface area contributed by atoms with Crippen LogP contribution in [0.15, 0.2) is 66.1 Å². The number of nitrogens with zero attached hydrogens (tertiary/aromatic N) is 8. The van der Waals surface area contributed by atoms with Crippen molar-refractivity contribution in [1.82, 2.24) is 39.3 Å². The van der Waals surface area contributed by atoms with Gasteiger partial charge in [-0.25, -0.2) is 14.1 Å². The van der Waals surface area contributed by atoms with Gasteiger partial charge in [0, 0.05) is 41.4 Å². The first-order chi connectivity index (χ1) is 20.3. The highest BCUT2D eigenvalue weighted by Crippen LogP contribution is 2.33. The van der Waals surface area contributed by atoms with Crippen molar-refractivity contribution in [2.75, 3.05) is 5.32 Å². The molecule has 0 saturated heterocycles. The summed E-state index contributed by atoms with van der Waals surface area (Å²) in [6, 6.07) is 9.86. The number of fused-ring (bicyclic) bond motifs is 4. The molecule has 1 aliphatic heterocycles. The van der Waals surface area contributed by atoms with Crippen molar-refractivity contribution in [2.24, 2.45) is 13.0 Å². The van der Waals surface area contributed by atoms with Crippen LogP contribution in [0.4, 0.5) is 10.1 Å². The third-order valence-corrected chi connectivity index (χ3v) is 7.72. The molecule has 5 aromatic rings. The zero-order valence-corrected chi connectivity index (χ0v) is 23.7. The Bertz CT molecular complexity index is 1850. The van der Waals surface area contributed by atoms with Crippen molar-refractivity contribution in [1.29, 1.82) is 0 Å². The fraction of sp³-hybridized carbons (Fsp3) is 0.276. The second kappa shape index (κ2) is 11.3. The van der Waals surface area contributed by atoms with Gasteiger partial charge in [-0.1, -0.05) is 30.2 Å². The molecule has 1 amide bonds. The molecular formula is C29H27ClFN9O2. The molecule has 0 spiro atoms. The van der Waals surface area contributed by atoms with Gasteiger partial charge in [-0.3, -0.25) is 23.8 Å². The SMILES string of the molecule is C[C@@H]1CCC[C@H](n2cnc(-c3cc(Cl)ccc3-n3cc(CF)nn3)cc2=O)c2cc(ccn2)-c2c(cnn2C)NC1=O. The Morgan fingerprint density at radius 2 is 1.98 bits per heavy atom. The fourth-order valence-corrected chi connectivity index (χ4v) is 5.44. The third kappa shape index (κ3) is 5.20. The minimum absolute atomic E-state index is 0.0813. The van der Waals surface area contributed by atoms with Crippen LogP contribution in [0.25, 0.3) is 28.2 Å². The van der Waals surface area contributed by atoms with Gasteiger partial charge in [-0.2, -0.15) is 5.10 Å². The van der Waals surface area contributed by atoms with Crippen LogP contribution in [0, 0.1) is 5.92 Å². The molecule has 13 heteroatoms. The van der Waals surface area contributed by atoms with Gasteiger partial charge in [0.05, 0.1) is 53.2 Å². The molecule has 1 aromatic carbocycles.